The molecule has 24 heavy (non-hydrogen) atoms. The van der Waals surface area contributed by atoms with Gasteiger partial charge in [-0.3, -0.25) is 4.90 Å². The van der Waals surface area contributed by atoms with Gasteiger partial charge in [-0.05, 0) is 32.0 Å². The molecule has 3 heterocycles. The molecular weight excluding hydrogens is 346 g/mol. The van der Waals surface area contributed by atoms with Crippen molar-refractivity contribution in [1.29, 1.82) is 0 Å². The normalized spacial score (nSPS) is 23.1. The van der Waals surface area contributed by atoms with Gasteiger partial charge in [0.15, 0.2) is 11.5 Å². The second kappa shape index (κ2) is 7.27. The first-order chi connectivity index (χ1) is 11.2. The van der Waals surface area contributed by atoms with Crippen LogP contribution in [0.4, 0.5) is 0 Å². The first-order valence-corrected chi connectivity index (χ1v) is 8.89. The second-order valence-electron chi connectivity index (χ2n) is 6.30. The highest BCUT2D eigenvalue weighted by atomic mass is 35.5. The SMILES string of the molecule is CC1CN(Cc2csc(-c3ccc4c(c3)OCO4)n2)C(C)CN1.Cl. The quantitative estimate of drug-likeness (QED) is 0.903. The average Bonchev–Trinajstić information content (AvgIpc) is 3.19. The van der Waals surface area contributed by atoms with E-state index in [4.69, 9.17) is 14.5 Å². The van der Waals surface area contributed by atoms with Crippen molar-refractivity contribution in [3.63, 3.8) is 0 Å². The van der Waals surface area contributed by atoms with E-state index in [0.717, 1.165) is 47.4 Å². The molecule has 0 amide bonds. The number of piperazine rings is 1. The maximum Gasteiger partial charge on any atom is 0.231 e. The molecule has 1 aromatic heterocycles. The van der Waals surface area contributed by atoms with Crippen LogP contribution in [0.1, 0.15) is 19.5 Å². The number of hydrogen-bond donors (Lipinski definition) is 1. The summed E-state index contributed by atoms with van der Waals surface area (Å²) in [5.74, 6) is 1.62. The first kappa shape index (κ1) is 17.5. The van der Waals surface area contributed by atoms with Gasteiger partial charge in [0.1, 0.15) is 5.01 Å². The van der Waals surface area contributed by atoms with Crippen LogP contribution in [0.25, 0.3) is 10.6 Å². The summed E-state index contributed by atoms with van der Waals surface area (Å²) in [5, 5.41) is 6.72. The Kier molecular flexibility index (Phi) is 5.30. The summed E-state index contributed by atoms with van der Waals surface area (Å²) < 4.78 is 10.8. The fraction of sp³-hybridized carbons (Fsp3) is 0.471. The highest BCUT2D eigenvalue weighted by molar-refractivity contribution is 7.13. The third-order valence-electron chi connectivity index (χ3n) is 4.43. The highest BCUT2D eigenvalue weighted by Gasteiger charge is 2.23. The van der Waals surface area contributed by atoms with Crippen molar-refractivity contribution in [2.75, 3.05) is 19.9 Å². The van der Waals surface area contributed by atoms with Crippen molar-refractivity contribution in [2.45, 2.75) is 32.5 Å². The van der Waals surface area contributed by atoms with Crippen molar-refractivity contribution in [3.05, 3.63) is 29.3 Å². The highest BCUT2D eigenvalue weighted by Crippen LogP contribution is 2.36. The van der Waals surface area contributed by atoms with Gasteiger partial charge in [-0.2, -0.15) is 0 Å². The van der Waals surface area contributed by atoms with Gasteiger partial charge in [0.2, 0.25) is 6.79 Å². The summed E-state index contributed by atoms with van der Waals surface area (Å²) in [5.41, 5.74) is 2.23. The molecule has 4 rings (SSSR count). The minimum Gasteiger partial charge on any atom is -0.454 e. The van der Waals surface area contributed by atoms with Crippen LogP contribution in [-0.2, 0) is 6.54 Å². The summed E-state index contributed by atoms with van der Waals surface area (Å²) in [7, 11) is 0. The smallest absolute Gasteiger partial charge is 0.231 e. The molecule has 130 valence electrons. The Hall–Kier alpha value is -1.34. The van der Waals surface area contributed by atoms with Gasteiger partial charge < -0.3 is 14.8 Å². The van der Waals surface area contributed by atoms with E-state index in [1.807, 2.05) is 18.2 Å². The Morgan fingerprint density at radius 2 is 2.12 bits per heavy atom. The number of halogens is 1. The molecule has 2 aliphatic rings. The monoisotopic (exact) mass is 367 g/mol. The minimum absolute atomic E-state index is 0. The number of nitrogens with zero attached hydrogens (tertiary/aromatic N) is 2. The molecule has 0 bridgehead atoms. The van der Waals surface area contributed by atoms with Crippen LogP contribution in [0.5, 0.6) is 11.5 Å². The zero-order valence-electron chi connectivity index (χ0n) is 13.8. The fourth-order valence-electron chi connectivity index (χ4n) is 3.07. The van der Waals surface area contributed by atoms with Gasteiger partial charge in [-0.15, -0.1) is 23.7 Å². The number of fused-ring (bicyclic) bond motifs is 1. The molecule has 0 spiro atoms. The lowest BCUT2D eigenvalue weighted by Crippen LogP contribution is -2.53. The van der Waals surface area contributed by atoms with E-state index in [2.05, 4.69) is 29.4 Å². The summed E-state index contributed by atoms with van der Waals surface area (Å²) in [6, 6.07) is 7.10. The lowest BCUT2D eigenvalue weighted by Gasteiger charge is -2.37. The molecule has 0 radical (unpaired) electrons. The van der Waals surface area contributed by atoms with E-state index in [-0.39, 0.29) is 12.4 Å². The minimum atomic E-state index is 0. The van der Waals surface area contributed by atoms with Crippen molar-refractivity contribution >= 4 is 23.7 Å². The Labute approximate surface area is 152 Å². The zero-order valence-corrected chi connectivity index (χ0v) is 15.5. The summed E-state index contributed by atoms with van der Waals surface area (Å²) in [4.78, 5) is 7.32. The van der Waals surface area contributed by atoms with E-state index in [1.165, 1.54) is 0 Å². The number of thiazole rings is 1. The Bertz CT molecular complexity index is 709. The van der Waals surface area contributed by atoms with Crippen molar-refractivity contribution in [1.82, 2.24) is 15.2 Å². The third-order valence-corrected chi connectivity index (χ3v) is 5.37. The second-order valence-corrected chi connectivity index (χ2v) is 7.16. The molecule has 0 saturated carbocycles. The number of benzene rings is 1. The average molecular weight is 368 g/mol. The van der Waals surface area contributed by atoms with Crippen molar-refractivity contribution in [3.8, 4) is 22.1 Å². The predicted octanol–water partition coefficient (Wildman–Crippen LogP) is 3.14. The molecule has 2 unspecified atom stereocenters. The Morgan fingerprint density at radius 3 is 3.00 bits per heavy atom. The van der Waals surface area contributed by atoms with E-state index in [0.29, 0.717) is 18.9 Å². The molecular formula is C17H22ClN3O2S. The third kappa shape index (κ3) is 3.52. The van der Waals surface area contributed by atoms with E-state index in [9.17, 15) is 0 Å². The van der Waals surface area contributed by atoms with Crippen molar-refractivity contribution < 1.29 is 9.47 Å². The number of rotatable bonds is 3. The molecule has 1 fully saturated rings. The Morgan fingerprint density at radius 1 is 1.29 bits per heavy atom. The van der Waals surface area contributed by atoms with Crippen LogP contribution in [-0.4, -0.2) is 41.9 Å². The van der Waals surface area contributed by atoms with Gasteiger partial charge in [0, 0.05) is 42.7 Å². The lowest BCUT2D eigenvalue weighted by molar-refractivity contribution is 0.137. The summed E-state index contributed by atoms with van der Waals surface area (Å²) >= 11 is 1.69. The van der Waals surface area contributed by atoms with E-state index >= 15 is 0 Å². The number of ether oxygens (including phenoxy) is 2. The largest absolute Gasteiger partial charge is 0.454 e. The van der Waals surface area contributed by atoms with Gasteiger partial charge in [0.05, 0.1) is 5.69 Å². The number of aromatic nitrogens is 1. The maximum atomic E-state index is 5.45. The first-order valence-electron chi connectivity index (χ1n) is 8.01. The lowest BCUT2D eigenvalue weighted by atomic mass is 10.1. The van der Waals surface area contributed by atoms with Gasteiger partial charge >= 0.3 is 0 Å². The summed E-state index contributed by atoms with van der Waals surface area (Å²) in [6.45, 7) is 7.83. The number of nitrogens with one attached hydrogen (secondary N) is 1. The predicted molar refractivity (Wildman–Crippen MR) is 98.3 cm³/mol. The van der Waals surface area contributed by atoms with E-state index in [1.54, 1.807) is 11.3 Å². The van der Waals surface area contributed by atoms with Gasteiger partial charge in [-0.1, -0.05) is 0 Å². The molecule has 1 aromatic carbocycles. The van der Waals surface area contributed by atoms with E-state index < -0.39 is 0 Å². The molecule has 2 atom stereocenters. The molecule has 5 nitrogen and oxygen atoms in total. The fourth-order valence-corrected chi connectivity index (χ4v) is 3.88. The summed E-state index contributed by atoms with van der Waals surface area (Å²) in [6.07, 6.45) is 0. The van der Waals surface area contributed by atoms with Crippen LogP contribution >= 0.6 is 23.7 Å². The molecule has 1 saturated heterocycles. The molecule has 0 aliphatic carbocycles. The van der Waals surface area contributed by atoms with Crippen LogP contribution < -0.4 is 14.8 Å². The Balaban J connectivity index is 0.00000169. The topological polar surface area (TPSA) is 46.6 Å². The molecule has 1 N–H and O–H groups in total. The van der Waals surface area contributed by atoms with Crippen LogP contribution in [0.15, 0.2) is 23.6 Å². The molecule has 2 aromatic rings. The van der Waals surface area contributed by atoms with Gasteiger partial charge in [0.25, 0.3) is 0 Å². The van der Waals surface area contributed by atoms with Crippen LogP contribution in [0.3, 0.4) is 0 Å². The van der Waals surface area contributed by atoms with Crippen molar-refractivity contribution in [2.24, 2.45) is 0 Å². The maximum absolute atomic E-state index is 5.45. The number of hydrogen-bond acceptors (Lipinski definition) is 6. The van der Waals surface area contributed by atoms with Crippen LogP contribution in [0, 0.1) is 0 Å². The van der Waals surface area contributed by atoms with Crippen LogP contribution in [0.2, 0.25) is 0 Å². The molecule has 2 aliphatic heterocycles. The zero-order chi connectivity index (χ0) is 15.8. The standard InChI is InChI=1S/C17H21N3O2S.ClH/c1-11-7-20(12(2)6-18-11)8-14-9-23-17(19-14)13-3-4-15-16(5-13)22-10-21-15;/h3-5,9,11-12,18H,6-8,10H2,1-2H3;1H. The van der Waals surface area contributed by atoms with Gasteiger partial charge in [-0.25, -0.2) is 4.98 Å². The molecule has 7 heteroatoms.